The van der Waals surface area contributed by atoms with Gasteiger partial charge < -0.3 is 5.32 Å². The summed E-state index contributed by atoms with van der Waals surface area (Å²) >= 11 is 0. The molecule has 6 nitrogen and oxygen atoms in total. The summed E-state index contributed by atoms with van der Waals surface area (Å²) in [5.41, 5.74) is 0.568. The number of carbonyl (C=O) groups excluding carboxylic acids is 1. The number of halogens is 1. The molecule has 0 spiro atoms. The van der Waals surface area contributed by atoms with Gasteiger partial charge in [-0.25, -0.2) is 4.39 Å². The van der Waals surface area contributed by atoms with Crippen molar-refractivity contribution in [1.29, 1.82) is 0 Å². The number of piperidine rings is 1. The monoisotopic (exact) mass is 353 g/mol. The van der Waals surface area contributed by atoms with E-state index in [9.17, 15) is 9.18 Å². The van der Waals surface area contributed by atoms with Crippen molar-refractivity contribution >= 4 is 16.6 Å². The molecule has 3 aromatic heterocycles. The zero-order valence-electron chi connectivity index (χ0n) is 14.6. The molecular formula is C19H20FN5O. The van der Waals surface area contributed by atoms with Crippen molar-refractivity contribution in [1.82, 2.24) is 25.1 Å². The van der Waals surface area contributed by atoms with Crippen molar-refractivity contribution in [2.75, 3.05) is 13.1 Å². The first kappa shape index (κ1) is 16.8. The summed E-state index contributed by atoms with van der Waals surface area (Å²) in [5, 5.41) is 9.05. The van der Waals surface area contributed by atoms with E-state index in [4.69, 9.17) is 0 Å². The highest BCUT2D eigenvalue weighted by Gasteiger charge is 2.39. The van der Waals surface area contributed by atoms with E-state index in [-0.39, 0.29) is 25.0 Å². The summed E-state index contributed by atoms with van der Waals surface area (Å²) in [6, 6.07) is 3.79. The fourth-order valence-corrected chi connectivity index (χ4v) is 3.32. The summed E-state index contributed by atoms with van der Waals surface area (Å²) in [4.78, 5) is 21.2. The number of Topliss-reactive ketones (excluding diaryl/α,β-unsaturated/α-hetero) is 1. The number of pyridine rings is 2. The van der Waals surface area contributed by atoms with Crippen LogP contribution in [0.3, 0.4) is 0 Å². The summed E-state index contributed by atoms with van der Waals surface area (Å²) < 4.78 is 16.5. The van der Waals surface area contributed by atoms with Gasteiger partial charge in [0.25, 0.3) is 0 Å². The summed E-state index contributed by atoms with van der Waals surface area (Å²) in [7, 11) is 1.85. The van der Waals surface area contributed by atoms with Crippen LogP contribution in [0.15, 0.2) is 36.9 Å². The zero-order valence-corrected chi connectivity index (χ0v) is 14.6. The van der Waals surface area contributed by atoms with Crippen LogP contribution in [0.5, 0.6) is 0 Å². The molecule has 134 valence electrons. The average molecular weight is 353 g/mol. The molecule has 0 aliphatic carbocycles. The number of aryl methyl sites for hydroxylation is 1. The zero-order chi connectivity index (χ0) is 18.1. The lowest BCUT2D eigenvalue weighted by Gasteiger charge is -2.28. The molecule has 0 unspecified atom stereocenters. The molecule has 0 atom stereocenters. The number of nitrogens with one attached hydrogen (secondary N) is 1. The molecule has 1 aliphatic heterocycles. The molecule has 0 aromatic carbocycles. The lowest BCUT2D eigenvalue weighted by atomic mass is 9.87. The fraction of sp³-hybridized carbons (Fsp3) is 0.368. The highest BCUT2D eigenvalue weighted by molar-refractivity contribution is 5.90. The second-order valence-corrected chi connectivity index (χ2v) is 6.81. The van der Waals surface area contributed by atoms with Crippen LogP contribution in [0.2, 0.25) is 0 Å². The van der Waals surface area contributed by atoms with Gasteiger partial charge in [0.05, 0.1) is 18.3 Å². The third-order valence-corrected chi connectivity index (χ3v) is 4.90. The number of alkyl halides is 1. The van der Waals surface area contributed by atoms with E-state index < -0.39 is 5.67 Å². The molecule has 1 N–H and O–H groups in total. The number of carbonyl (C=O) groups is 1. The Morgan fingerprint density at radius 3 is 2.69 bits per heavy atom. The average Bonchev–Trinajstić information content (AvgIpc) is 3.08. The van der Waals surface area contributed by atoms with E-state index in [1.807, 2.05) is 25.4 Å². The van der Waals surface area contributed by atoms with Crippen LogP contribution in [0.1, 0.15) is 18.5 Å². The first-order valence-electron chi connectivity index (χ1n) is 8.70. The topological polar surface area (TPSA) is 72.7 Å². The molecule has 0 radical (unpaired) electrons. The highest BCUT2D eigenvalue weighted by atomic mass is 19.1. The Bertz CT molecular complexity index is 961. The van der Waals surface area contributed by atoms with Gasteiger partial charge in [0.2, 0.25) is 0 Å². The van der Waals surface area contributed by atoms with Gasteiger partial charge >= 0.3 is 0 Å². The Labute approximate surface area is 150 Å². The Balaban J connectivity index is 1.61. The summed E-state index contributed by atoms with van der Waals surface area (Å²) in [5.74, 6) is -0.382. The number of rotatable bonds is 4. The molecule has 3 aromatic rings. The third-order valence-electron chi connectivity index (χ3n) is 4.90. The van der Waals surface area contributed by atoms with E-state index in [2.05, 4.69) is 20.4 Å². The smallest absolute Gasteiger partial charge is 0.175 e. The number of hydrogen-bond acceptors (Lipinski definition) is 5. The standard InChI is InChI=1S/C19H20FN5O/c1-25-12-15(11-24-25)17-7-13-6-16(22-9-14(13)10-23-17)8-18(26)19(20)2-4-21-5-3-19/h6-7,9-12,21H,2-5,8H2,1H3. The number of fused-ring (bicyclic) bond motifs is 1. The number of hydrogen-bond donors (Lipinski definition) is 1. The second kappa shape index (κ2) is 6.57. The Hall–Kier alpha value is -2.67. The van der Waals surface area contributed by atoms with Crippen LogP contribution in [0, 0.1) is 0 Å². The van der Waals surface area contributed by atoms with Gasteiger partial charge in [0.15, 0.2) is 11.5 Å². The summed E-state index contributed by atoms with van der Waals surface area (Å²) in [6.07, 6.45) is 7.55. The number of aromatic nitrogens is 4. The van der Waals surface area contributed by atoms with Gasteiger partial charge in [-0.3, -0.25) is 19.4 Å². The number of ketones is 1. The Kier molecular flexibility index (Phi) is 4.24. The van der Waals surface area contributed by atoms with E-state index in [1.165, 1.54) is 0 Å². The van der Waals surface area contributed by atoms with Gasteiger partial charge in [-0.05, 0) is 30.6 Å². The minimum Gasteiger partial charge on any atom is -0.316 e. The predicted octanol–water partition coefficient (Wildman–Crippen LogP) is 2.23. The van der Waals surface area contributed by atoms with Crippen LogP contribution in [-0.4, -0.2) is 44.3 Å². The van der Waals surface area contributed by atoms with Crippen molar-refractivity contribution in [3.8, 4) is 11.3 Å². The normalized spacial score (nSPS) is 16.7. The molecule has 26 heavy (non-hydrogen) atoms. The largest absolute Gasteiger partial charge is 0.316 e. The quantitative estimate of drug-likeness (QED) is 0.779. The maximum absolute atomic E-state index is 14.8. The van der Waals surface area contributed by atoms with Gasteiger partial charge in [-0.15, -0.1) is 0 Å². The van der Waals surface area contributed by atoms with Crippen LogP contribution in [0.25, 0.3) is 22.0 Å². The van der Waals surface area contributed by atoms with Gasteiger partial charge in [0, 0.05) is 55.1 Å². The summed E-state index contributed by atoms with van der Waals surface area (Å²) in [6.45, 7) is 1.07. The SMILES string of the molecule is Cn1cc(-c2cc3cc(CC(=O)C4(F)CCNCC4)ncc3cn2)cn1. The molecular weight excluding hydrogens is 333 g/mol. The maximum Gasteiger partial charge on any atom is 0.175 e. The van der Waals surface area contributed by atoms with Crippen molar-refractivity contribution in [2.45, 2.75) is 24.9 Å². The maximum atomic E-state index is 14.8. The molecule has 7 heteroatoms. The highest BCUT2D eigenvalue weighted by Crippen LogP contribution is 2.27. The Morgan fingerprint density at radius 2 is 1.96 bits per heavy atom. The second-order valence-electron chi connectivity index (χ2n) is 6.81. The molecule has 0 amide bonds. The first-order chi connectivity index (χ1) is 12.5. The van der Waals surface area contributed by atoms with E-state index >= 15 is 0 Å². The fourth-order valence-electron chi connectivity index (χ4n) is 3.32. The lowest BCUT2D eigenvalue weighted by molar-refractivity contribution is -0.131. The molecule has 4 rings (SSSR count). The van der Waals surface area contributed by atoms with Crippen molar-refractivity contribution in [2.24, 2.45) is 7.05 Å². The van der Waals surface area contributed by atoms with Crippen LogP contribution in [0.4, 0.5) is 4.39 Å². The lowest BCUT2D eigenvalue weighted by Crippen LogP contribution is -2.45. The molecule has 4 heterocycles. The molecule has 1 fully saturated rings. The van der Waals surface area contributed by atoms with Gasteiger partial charge in [0.1, 0.15) is 0 Å². The third kappa shape index (κ3) is 3.22. The Morgan fingerprint density at radius 1 is 1.19 bits per heavy atom. The molecule has 1 saturated heterocycles. The molecule has 0 bridgehead atoms. The molecule has 0 saturated carbocycles. The van der Waals surface area contributed by atoms with Gasteiger partial charge in [-0.2, -0.15) is 5.10 Å². The van der Waals surface area contributed by atoms with Gasteiger partial charge in [-0.1, -0.05) is 0 Å². The minimum atomic E-state index is -1.74. The van der Waals surface area contributed by atoms with Crippen molar-refractivity contribution < 1.29 is 9.18 Å². The van der Waals surface area contributed by atoms with E-state index in [0.717, 1.165) is 22.0 Å². The van der Waals surface area contributed by atoms with Crippen molar-refractivity contribution in [3.63, 3.8) is 0 Å². The van der Waals surface area contributed by atoms with Crippen molar-refractivity contribution in [3.05, 3.63) is 42.6 Å². The minimum absolute atomic E-state index is 0.0109. The van der Waals surface area contributed by atoms with Crippen LogP contribution < -0.4 is 5.32 Å². The van der Waals surface area contributed by atoms with Crippen LogP contribution >= 0.6 is 0 Å². The number of nitrogens with zero attached hydrogens (tertiary/aromatic N) is 4. The van der Waals surface area contributed by atoms with Crippen LogP contribution in [-0.2, 0) is 18.3 Å². The van der Waals surface area contributed by atoms with E-state index in [1.54, 1.807) is 23.3 Å². The predicted molar refractivity (Wildman–Crippen MR) is 96.4 cm³/mol. The first-order valence-corrected chi connectivity index (χ1v) is 8.70. The molecule has 1 aliphatic rings. The van der Waals surface area contributed by atoms with E-state index in [0.29, 0.717) is 18.8 Å².